The SMILES string of the molecule is COc1ccc(CCNC(=O)CN2C(=O)N(c3ccc(C)cc3)C(=O)C3OC4CCCCC4C32)cc1OC. The predicted octanol–water partition coefficient (Wildman–Crippen LogP) is 3.47. The molecule has 5 rings (SSSR count). The van der Waals surface area contributed by atoms with E-state index in [4.69, 9.17) is 14.2 Å². The number of imide groups is 1. The molecule has 2 saturated heterocycles. The zero-order valence-corrected chi connectivity index (χ0v) is 22.1. The van der Waals surface area contributed by atoms with Crippen molar-refractivity contribution in [2.24, 2.45) is 5.92 Å². The Morgan fingerprint density at radius 1 is 1.03 bits per heavy atom. The molecule has 0 radical (unpaired) electrons. The van der Waals surface area contributed by atoms with Gasteiger partial charge in [0, 0.05) is 12.5 Å². The lowest BCUT2D eigenvalue weighted by atomic mass is 9.81. The smallest absolute Gasteiger partial charge is 0.332 e. The van der Waals surface area contributed by atoms with Crippen molar-refractivity contribution in [3.63, 3.8) is 0 Å². The fourth-order valence-electron chi connectivity index (χ4n) is 5.95. The lowest BCUT2D eigenvalue weighted by Gasteiger charge is -2.42. The van der Waals surface area contributed by atoms with Gasteiger partial charge in [-0.25, -0.2) is 9.69 Å². The second-order valence-electron chi connectivity index (χ2n) is 10.2. The summed E-state index contributed by atoms with van der Waals surface area (Å²) in [5, 5.41) is 2.94. The van der Waals surface area contributed by atoms with Gasteiger partial charge < -0.3 is 24.4 Å². The van der Waals surface area contributed by atoms with Crippen LogP contribution in [-0.4, -0.2) is 68.3 Å². The normalized spacial score (nSPS) is 24.6. The van der Waals surface area contributed by atoms with Crippen molar-refractivity contribution in [2.75, 3.05) is 32.2 Å². The predicted molar refractivity (Wildman–Crippen MR) is 141 cm³/mol. The first kappa shape index (κ1) is 26.0. The quantitative estimate of drug-likeness (QED) is 0.572. The van der Waals surface area contributed by atoms with E-state index >= 15 is 0 Å². The summed E-state index contributed by atoms with van der Waals surface area (Å²) in [4.78, 5) is 43.1. The van der Waals surface area contributed by atoms with Gasteiger partial charge in [-0.1, -0.05) is 36.6 Å². The van der Waals surface area contributed by atoms with Crippen molar-refractivity contribution < 1.29 is 28.6 Å². The van der Waals surface area contributed by atoms with Gasteiger partial charge in [0.15, 0.2) is 17.6 Å². The number of methoxy groups -OCH3 is 2. The van der Waals surface area contributed by atoms with Crippen molar-refractivity contribution in [1.29, 1.82) is 0 Å². The van der Waals surface area contributed by atoms with E-state index in [1.165, 1.54) is 4.90 Å². The molecule has 0 aromatic heterocycles. The number of carbonyl (C=O) groups is 3. The van der Waals surface area contributed by atoms with Crippen LogP contribution in [0, 0.1) is 12.8 Å². The third-order valence-corrected chi connectivity index (χ3v) is 7.87. The van der Waals surface area contributed by atoms with Crippen LogP contribution >= 0.6 is 0 Å². The fraction of sp³-hybridized carbons (Fsp3) is 0.483. The Bertz CT molecular complexity index is 1200. The highest BCUT2D eigenvalue weighted by Crippen LogP contribution is 2.43. The van der Waals surface area contributed by atoms with Gasteiger partial charge in [-0.3, -0.25) is 9.59 Å². The number of urea groups is 1. The van der Waals surface area contributed by atoms with E-state index in [2.05, 4.69) is 5.32 Å². The Hall–Kier alpha value is -3.59. The van der Waals surface area contributed by atoms with E-state index in [1.54, 1.807) is 31.3 Å². The topological polar surface area (TPSA) is 97.4 Å². The van der Waals surface area contributed by atoms with E-state index < -0.39 is 18.2 Å². The van der Waals surface area contributed by atoms with Gasteiger partial charge in [0.2, 0.25) is 5.91 Å². The number of amides is 4. The summed E-state index contributed by atoms with van der Waals surface area (Å²) in [6.45, 7) is 2.21. The first-order valence-corrected chi connectivity index (χ1v) is 13.3. The van der Waals surface area contributed by atoms with Gasteiger partial charge in [0.25, 0.3) is 5.91 Å². The van der Waals surface area contributed by atoms with Gasteiger partial charge in [-0.15, -0.1) is 0 Å². The first-order chi connectivity index (χ1) is 18.4. The molecule has 3 aliphatic rings. The molecule has 2 heterocycles. The van der Waals surface area contributed by atoms with Crippen LogP contribution in [-0.2, 0) is 20.7 Å². The highest BCUT2D eigenvalue weighted by molar-refractivity contribution is 6.18. The minimum Gasteiger partial charge on any atom is -0.493 e. The van der Waals surface area contributed by atoms with Crippen LogP contribution < -0.4 is 19.7 Å². The summed E-state index contributed by atoms with van der Waals surface area (Å²) in [6, 6.07) is 12.0. The molecule has 1 N–H and O–H groups in total. The number of ether oxygens (including phenoxy) is 3. The number of rotatable bonds is 8. The summed E-state index contributed by atoms with van der Waals surface area (Å²) in [5.41, 5.74) is 2.50. The highest BCUT2D eigenvalue weighted by Gasteiger charge is 2.58. The van der Waals surface area contributed by atoms with Crippen LogP contribution in [0.5, 0.6) is 11.5 Å². The number of fused-ring (bicyclic) bond motifs is 3. The lowest BCUT2D eigenvalue weighted by Crippen LogP contribution is -2.66. The molecule has 4 unspecified atom stereocenters. The van der Waals surface area contributed by atoms with Crippen molar-refractivity contribution in [2.45, 2.75) is 57.3 Å². The van der Waals surface area contributed by atoms with Crippen LogP contribution in [0.15, 0.2) is 42.5 Å². The van der Waals surface area contributed by atoms with E-state index in [0.717, 1.165) is 36.8 Å². The molecular formula is C29H35N3O6. The number of nitrogens with zero attached hydrogens (tertiary/aromatic N) is 2. The minimum absolute atomic E-state index is 0.0568. The van der Waals surface area contributed by atoms with Gasteiger partial charge in [-0.2, -0.15) is 0 Å². The molecule has 4 amide bonds. The molecule has 9 nitrogen and oxygen atoms in total. The van der Waals surface area contributed by atoms with Crippen molar-refractivity contribution >= 4 is 23.5 Å². The van der Waals surface area contributed by atoms with Crippen LogP contribution in [0.4, 0.5) is 10.5 Å². The van der Waals surface area contributed by atoms with Crippen LogP contribution in [0.3, 0.4) is 0 Å². The van der Waals surface area contributed by atoms with Gasteiger partial charge >= 0.3 is 6.03 Å². The standard InChI is InChI=1S/C29H35N3O6/c1-18-8-11-20(12-9-18)32-28(34)27-26(21-6-4-5-7-22(21)38-27)31(29(32)35)17-25(33)30-15-14-19-10-13-23(36-2)24(16-19)37-3/h8-13,16,21-22,26-27H,4-7,14-15,17H2,1-3H3,(H,30,33). The second-order valence-corrected chi connectivity index (χ2v) is 10.2. The van der Waals surface area contributed by atoms with Crippen LogP contribution in [0.2, 0.25) is 0 Å². The monoisotopic (exact) mass is 521 g/mol. The molecule has 0 bridgehead atoms. The van der Waals surface area contributed by atoms with E-state index in [0.29, 0.717) is 30.2 Å². The number of carbonyl (C=O) groups excluding carboxylic acids is 3. The van der Waals surface area contributed by atoms with Gasteiger partial charge in [0.1, 0.15) is 6.54 Å². The molecule has 2 aromatic rings. The Morgan fingerprint density at radius 2 is 1.76 bits per heavy atom. The van der Waals surface area contributed by atoms with Crippen molar-refractivity contribution in [3.8, 4) is 11.5 Å². The third kappa shape index (κ3) is 4.95. The Balaban J connectivity index is 1.31. The summed E-state index contributed by atoms with van der Waals surface area (Å²) in [7, 11) is 3.17. The summed E-state index contributed by atoms with van der Waals surface area (Å²) < 4.78 is 16.9. The average Bonchev–Trinajstić information content (AvgIpc) is 3.32. The molecule has 1 saturated carbocycles. The van der Waals surface area contributed by atoms with E-state index in [9.17, 15) is 14.4 Å². The number of aryl methyl sites for hydroxylation is 1. The third-order valence-electron chi connectivity index (χ3n) is 7.87. The van der Waals surface area contributed by atoms with Gasteiger partial charge in [0.05, 0.1) is 32.1 Å². The Labute approximate surface area is 223 Å². The molecule has 38 heavy (non-hydrogen) atoms. The maximum atomic E-state index is 13.8. The lowest BCUT2D eigenvalue weighted by molar-refractivity contribution is -0.134. The zero-order valence-electron chi connectivity index (χ0n) is 22.1. The molecule has 2 aliphatic heterocycles. The molecule has 3 fully saturated rings. The minimum atomic E-state index is -0.762. The number of benzene rings is 2. The zero-order chi connectivity index (χ0) is 26.8. The molecule has 2 aromatic carbocycles. The molecule has 4 atom stereocenters. The molecule has 9 heteroatoms. The van der Waals surface area contributed by atoms with Crippen molar-refractivity contribution in [3.05, 3.63) is 53.6 Å². The maximum absolute atomic E-state index is 13.8. The largest absolute Gasteiger partial charge is 0.493 e. The molecule has 1 aliphatic carbocycles. The van der Waals surface area contributed by atoms with E-state index in [-0.39, 0.29) is 30.4 Å². The number of hydrogen-bond donors (Lipinski definition) is 1. The fourth-order valence-corrected chi connectivity index (χ4v) is 5.95. The van der Waals surface area contributed by atoms with Crippen LogP contribution in [0.1, 0.15) is 36.8 Å². The number of nitrogens with one attached hydrogen (secondary N) is 1. The average molecular weight is 522 g/mol. The number of hydrogen-bond acceptors (Lipinski definition) is 6. The highest BCUT2D eigenvalue weighted by atomic mass is 16.5. The Kier molecular flexibility index (Phi) is 7.56. The Morgan fingerprint density at radius 3 is 2.50 bits per heavy atom. The number of anilines is 1. The second kappa shape index (κ2) is 11.0. The summed E-state index contributed by atoms with van der Waals surface area (Å²) in [5.74, 6) is 0.719. The maximum Gasteiger partial charge on any atom is 0.332 e. The van der Waals surface area contributed by atoms with E-state index in [1.807, 2.05) is 37.3 Å². The first-order valence-electron chi connectivity index (χ1n) is 13.3. The molecule has 0 spiro atoms. The molecular weight excluding hydrogens is 486 g/mol. The van der Waals surface area contributed by atoms with Crippen LogP contribution in [0.25, 0.3) is 0 Å². The summed E-state index contributed by atoms with van der Waals surface area (Å²) in [6.07, 6.45) is 3.59. The van der Waals surface area contributed by atoms with Gasteiger partial charge in [-0.05, 0) is 56.0 Å². The van der Waals surface area contributed by atoms with Crippen molar-refractivity contribution in [1.82, 2.24) is 10.2 Å². The molecule has 202 valence electrons. The summed E-state index contributed by atoms with van der Waals surface area (Å²) >= 11 is 0.